The van der Waals surface area contributed by atoms with E-state index in [2.05, 4.69) is 15.3 Å². The number of nitrogens with one attached hydrogen (secondary N) is 2. The highest BCUT2D eigenvalue weighted by Gasteiger charge is 2.17. The molecule has 0 saturated heterocycles. The van der Waals surface area contributed by atoms with Gasteiger partial charge in [0.25, 0.3) is 5.91 Å². The maximum Gasteiger partial charge on any atom is 0.261 e. The molecule has 2 N–H and O–H groups in total. The monoisotopic (exact) mass is 299 g/mol. The van der Waals surface area contributed by atoms with Gasteiger partial charge in [-0.25, -0.2) is 13.8 Å². The average Bonchev–Trinajstić information content (AvgIpc) is 3.01. The standard InChI is InChI=1S/C16H11F2N3O/c17-12-5-2-6-13(18)14(12)16(22)21-11-4-1-3-10(9-11)15-19-7-8-20-15/h1-9H,(H,19,20)(H,21,22). The fraction of sp³-hybridized carbons (Fsp3) is 0. The number of nitrogens with zero attached hydrogens (tertiary/aromatic N) is 1. The van der Waals surface area contributed by atoms with E-state index in [4.69, 9.17) is 0 Å². The first kappa shape index (κ1) is 13.9. The van der Waals surface area contributed by atoms with Gasteiger partial charge in [-0.2, -0.15) is 0 Å². The lowest BCUT2D eigenvalue weighted by Gasteiger charge is -2.08. The molecule has 0 atom stereocenters. The van der Waals surface area contributed by atoms with Crippen LogP contribution >= 0.6 is 0 Å². The summed E-state index contributed by atoms with van der Waals surface area (Å²) in [5, 5.41) is 2.48. The van der Waals surface area contributed by atoms with Crippen LogP contribution in [0.4, 0.5) is 14.5 Å². The molecule has 0 unspecified atom stereocenters. The highest BCUT2D eigenvalue weighted by atomic mass is 19.1. The Bertz CT molecular complexity index is 796. The topological polar surface area (TPSA) is 57.8 Å². The van der Waals surface area contributed by atoms with Crippen molar-refractivity contribution in [3.8, 4) is 11.4 Å². The summed E-state index contributed by atoms with van der Waals surface area (Å²) in [7, 11) is 0. The third-order valence-corrected chi connectivity index (χ3v) is 3.08. The number of carbonyl (C=O) groups is 1. The fourth-order valence-corrected chi connectivity index (χ4v) is 2.08. The normalized spacial score (nSPS) is 10.5. The summed E-state index contributed by atoms with van der Waals surface area (Å²) >= 11 is 0. The Balaban J connectivity index is 1.87. The molecule has 3 rings (SSSR count). The van der Waals surface area contributed by atoms with E-state index in [1.165, 1.54) is 6.07 Å². The van der Waals surface area contributed by atoms with Gasteiger partial charge in [-0.1, -0.05) is 18.2 Å². The lowest BCUT2D eigenvalue weighted by Crippen LogP contribution is -2.15. The molecule has 0 radical (unpaired) electrons. The van der Waals surface area contributed by atoms with Crippen LogP contribution < -0.4 is 5.32 Å². The Morgan fingerprint density at radius 3 is 2.50 bits per heavy atom. The molecule has 0 spiro atoms. The van der Waals surface area contributed by atoms with Gasteiger partial charge in [0.15, 0.2) is 0 Å². The predicted molar refractivity (Wildman–Crippen MR) is 78.3 cm³/mol. The lowest BCUT2D eigenvalue weighted by molar-refractivity contribution is 0.101. The number of rotatable bonds is 3. The molecular weight excluding hydrogens is 288 g/mol. The Morgan fingerprint density at radius 1 is 1.09 bits per heavy atom. The first-order valence-corrected chi connectivity index (χ1v) is 6.50. The Kier molecular flexibility index (Phi) is 3.65. The van der Waals surface area contributed by atoms with E-state index in [-0.39, 0.29) is 0 Å². The predicted octanol–water partition coefficient (Wildman–Crippen LogP) is 3.61. The summed E-state index contributed by atoms with van der Waals surface area (Å²) in [5.41, 5.74) is 0.560. The number of amides is 1. The second-order valence-electron chi connectivity index (χ2n) is 4.57. The van der Waals surface area contributed by atoms with Gasteiger partial charge in [0, 0.05) is 23.6 Å². The molecule has 0 aliphatic rings. The van der Waals surface area contributed by atoms with Crippen LogP contribution in [0, 0.1) is 11.6 Å². The number of aromatic nitrogens is 2. The van der Waals surface area contributed by atoms with Gasteiger partial charge in [0.2, 0.25) is 0 Å². The fourth-order valence-electron chi connectivity index (χ4n) is 2.08. The molecule has 0 aliphatic heterocycles. The van der Waals surface area contributed by atoms with Crippen molar-refractivity contribution < 1.29 is 13.6 Å². The summed E-state index contributed by atoms with van der Waals surface area (Å²) in [6.45, 7) is 0. The summed E-state index contributed by atoms with van der Waals surface area (Å²) in [5.74, 6) is -2.01. The highest BCUT2D eigenvalue weighted by molar-refractivity contribution is 6.04. The number of benzene rings is 2. The molecule has 22 heavy (non-hydrogen) atoms. The number of aromatic amines is 1. The minimum Gasteiger partial charge on any atom is -0.345 e. The van der Waals surface area contributed by atoms with Crippen LogP contribution in [0.2, 0.25) is 0 Å². The molecule has 0 bridgehead atoms. The maximum atomic E-state index is 13.6. The quantitative estimate of drug-likeness (QED) is 0.776. The van der Waals surface area contributed by atoms with Crippen LogP contribution in [-0.4, -0.2) is 15.9 Å². The zero-order valence-corrected chi connectivity index (χ0v) is 11.3. The van der Waals surface area contributed by atoms with E-state index in [0.29, 0.717) is 11.5 Å². The third-order valence-electron chi connectivity index (χ3n) is 3.08. The van der Waals surface area contributed by atoms with E-state index in [1.54, 1.807) is 36.7 Å². The first-order chi connectivity index (χ1) is 10.6. The van der Waals surface area contributed by atoms with Crippen molar-refractivity contribution in [2.24, 2.45) is 0 Å². The molecular formula is C16H11F2N3O. The zero-order chi connectivity index (χ0) is 15.5. The molecule has 6 heteroatoms. The third kappa shape index (κ3) is 2.71. The van der Waals surface area contributed by atoms with Gasteiger partial charge in [0.05, 0.1) is 0 Å². The van der Waals surface area contributed by atoms with Crippen LogP contribution in [0.15, 0.2) is 54.9 Å². The van der Waals surface area contributed by atoms with Crippen molar-refractivity contribution in [2.45, 2.75) is 0 Å². The van der Waals surface area contributed by atoms with Crippen molar-refractivity contribution in [3.63, 3.8) is 0 Å². The number of hydrogen-bond donors (Lipinski definition) is 2. The number of halogens is 2. The van der Waals surface area contributed by atoms with Crippen LogP contribution in [0.3, 0.4) is 0 Å². The molecule has 0 saturated carbocycles. The lowest BCUT2D eigenvalue weighted by atomic mass is 10.1. The maximum absolute atomic E-state index is 13.6. The first-order valence-electron chi connectivity index (χ1n) is 6.50. The summed E-state index contributed by atoms with van der Waals surface area (Å²) in [6, 6.07) is 10.1. The molecule has 2 aromatic carbocycles. The zero-order valence-electron chi connectivity index (χ0n) is 11.3. The van der Waals surface area contributed by atoms with Gasteiger partial charge in [0.1, 0.15) is 23.0 Å². The van der Waals surface area contributed by atoms with Gasteiger partial charge >= 0.3 is 0 Å². The largest absolute Gasteiger partial charge is 0.345 e. The number of imidazole rings is 1. The average molecular weight is 299 g/mol. The Hall–Kier alpha value is -3.02. The molecule has 3 aromatic rings. The van der Waals surface area contributed by atoms with Crippen molar-refractivity contribution >= 4 is 11.6 Å². The Labute approximate surface area is 124 Å². The van der Waals surface area contributed by atoms with E-state index in [9.17, 15) is 13.6 Å². The molecule has 0 fully saturated rings. The smallest absolute Gasteiger partial charge is 0.261 e. The minimum absolute atomic E-state index is 0.418. The van der Waals surface area contributed by atoms with E-state index >= 15 is 0 Å². The molecule has 1 aromatic heterocycles. The van der Waals surface area contributed by atoms with E-state index in [1.807, 2.05) is 0 Å². The van der Waals surface area contributed by atoms with Crippen LogP contribution in [-0.2, 0) is 0 Å². The van der Waals surface area contributed by atoms with E-state index < -0.39 is 23.1 Å². The molecule has 1 amide bonds. The highest BCUT2D eigenvalue weighted by Crippen LogP contribution is 2.20. The van der Waals surface area contributed by atoms with Gasteiger partial charge < -0.3 is 10.3 Å². The number of anilines is 1. The van der Waals surface area contributed by atoms with Crippen LogP contribution in [0.5, 0.6) is 0 Å². The molecule has 1 heterocycles. The second kappa shape index (κ2) is 5.77. The summed E-state index contributed by atoms with van der Waals surface area (Å²) in [4.78, 5) is 19.1. The van der Waals surface area contributed by atoms with Gasteiger partial charge in [-0.3, -0.25) is 4.79 Å². The Morgan fingerprint density at radius 2 is 1.82 bits per heavy atom. The summed E-state index contributed by atoms with van der Waals surface area (Å²) in [6.07, 6.45) is 3.28. The molecule has 110 valence electrons. The van der Waals surface area contributed by atoms with Crippen LogP contribution in [0.25, 0.3) is 11.4 Å². The number of hydrogen-bond acceptors (Lipinski definition) is 2. The van der Waals surface area contributed by atoms with Crippen molar-refractivity contribution in [3.05, 3.63) is 72.1 Å². The van der Waals surface area contributed by atoms with Crippen molar-refractivity contribution in [1.82, 2.24) is 9.97 Å². The molecule has 0 aliphatic carbocycles. The van der Waals surface area contributed by atoms with Gasteiger partial charge in [-0.05, 0) is 24.3 Å². The SMILES string of the molecule is O=C(Nc1cccc(-c2ncc[nH]2)c1)c1c(F)cccc1F. The molecule has 4 nitrogen and oxygen atoms in total. The second-order valence-corrected chi connectivity index (χ2v) is 4.57. The number of H-pyrrole nitrogens is 1. The van der Waals surface area contributed by atoms with Crippen molar-refractivity contribution in [2.75, 3.05) is 5.32 Å². The van der Waals surface area contributed by atoms with E-state index in [0.717, 1.165) is 17.7 Å². The van der Waals surface area contributed by atoms with Crippen LogP contribution in [0.1, 0.15) is 10.4 Å². The summed E-state index contributed by atoms with van der Waals surface area (Å²) < 4.78 is 27.2. The minimum atomic E-state index is -0.903. The van der Waals surface area contributed by atoms with Gasteiger partial charge in [-0.15, -0.1) is 0 Å². The van der Waals surface area contributed by atoms with Crippen molar-refractivity contribution in [1.29, 1.82) is 0 Å². The number of carbonyl (C=O) groups excluding carboxylic acids is 1.